The number of rotatable bonds is 7. The highest BCUT2D eigenvalue weighted by Gasteiger charge is 2.20. The van der Waals surface area contributed by atoms with E-state index in [1.165, 1.54) is 11.3 Å². The Balaban J connectivity index is 2.61. The Labute approximate surface area is 124 Å². The topological polar surface area (TPSA) is 75.4 Å². The quantitative estimate of drug-likeness (QED) is 0.809. The third-order valence-electron chi connectivity index (χ3n) is 3.27. The molecule has 5 nitrogen and oxygen atoms in total. The normalized spacial score (nSPS) is 12.7. The van der Waals surface area contributed by atoms with Gasteiger partial charge in [-0.15, -0.1) is 11.3 Å². The molecule has 0 radical (unpaired) electrons. The van der Waals surface area contributed by atoms with E-state index in [4.69, 9.17) is 5.73 Å². The van der Waals surface area contributed by atoms with Crippen LogP contribution in [0.25, 0.3) is 0 Å². The second-order valence-corrected chi connectivity index (χ2v) is 6.27. The van der Waals surface area contributed by atoms with Crippen LogP contribution in [0.15, 0.2) is 11.4 Å². The fourth-order valence-electron chi connectivity index (χ4n) is 1.67. The molecule has 20 heavy (non-hydrogen) atoms. The van der Waals surface area contributed by atoms with Crippen molar-refractivity contribution < 1.29 is 9.59 Å². The predicted octanol–water partition coefficient (Wildman–Crippen LogP) is 2.15. The van der Waals surface area contributed by atoms with Crippen molar-refractivity contribution in [3.05, 3.63) is 17.0 Å². The number of thiophene rings is 1. The zero-order valence-electron chi connectivity index (χ0n) is 12.5. The van der Waals surface area contributed by atoms with Crippen LogP contribution < -0.4 is 11.1 Å². The van der Waals surface area contributed by atoms with Crippen molar-refractivity contribution in [3.8, 4) is 0 Å². The largest absolute Gasteiger partial charge is 0.366 e. The third-order valence-corrected chi connectivity index (χ3v) is 4.10. The lowest BCUT2D eigenvalue weighted by Gasteiger charge is -2.24. The zero-order chi connectivity index (χ0) is 15.3. The molecule has 1 rings (SSSR count). The number of nitrogens with zero attached hydrogens (tertiary/aromatic N) is 1. The number of hydrogen-bond donors (Lipinski definition) is 2. The van der Waals surface area contributed by atoms with Gasteiger partial charge in [-0.25, -0.2) is 0 Å². The minimum Gasteiger partial charge on any atom is -0.366 e. The smallest absolute Gasteiger partial charge is 0.251 e. The monoisotopic (exact) mass is 297 g/mol. The number of carbonyl (C=O) groups is 2. The summed E-state index contributed by atoms with van der Waals surface area (Å²) in [6.45, 7) is 7.03. The van der Waals surface area contributed by atoms with Crippen LogP contribution in [0.4, 0.5) is 5.00 Å². The van der Waals surface area contributed by atoms with E-state index < -0.39 is 5.91 Å². The molecule has 1 heterocycles. The summed E-state index contributed by atoms with van der Waals surface area (Å²) >= 11 is 1.30. The molecule has 0 spiro atoms. The second kappa shape index (κ2) is 7.40. The Kier molecular flexibility index (Phi) is 6.16. The minimum absolute atomic E-state index is 0.124. The molecule has 1 aromatic rings. The first-order chi connectivity index (χ1) is 9.32. The molecule has 1 atom stereocenters. The fraction of sp³-hybridized carbons (Fsp3) is 0.571. The van der Waals surface area contributed by atoms with Crippen molar-refractivity contribution in [3.63, 3.8) is 0 Å². The van der Waals surface area contributed by atoms with Crippen LogP contribution in [0.1, 0.15) is 37.6 Å². The number of carbonyl (C=O) groups excluding carboxylic acids is 2. The Bertz CT molecular complexity index is 471. The number of amides is 2. The van der Waals surface area contributed by atoms with Gasteiger partial charge < -0.3 is 11.1 Å². The van der Waals surface area contributed by atoms with Gasteiger partial charge in [0.05, 0.1) is 11.6 Å². The van der Waals surface area contributed by atoms with Crippen LogP contribution >= 0.6 is 11.3 Å². The van der Waals surface area contributed by atoms with Crippen LogP contribution in [0.2, 0.25) is 0 Å². The molecule has 0 saturated carbocycles. The highest BCUT2D eigenvalue weighted by Crippen LogP contribution is 2.23. The fourth-order valence-corrected chi connectivity index (χ4v) is 2.47. The van der Waals surface area contributed by atoms with Crippen molar-refractivity contribution >= 4 is 28.2 Å². The number of primary amides is 1. The summed E-state index contributed by atoms with van der Waals surface area (Å²) in [4.78, 5) is 25.4. The Morgan fingerprint density at radius 3 is 2.60 bits per heavy atom. The van der Waals surface area contributed by atoms with E-state index in [1.54, 1.807) is 11.4 Å². The van der Waals surface area contributed by atoms with Gasteiger partial charge in [0.2, 0.25) is 5.91 Å². The summed E-state index contributed by atoms with van der Waals surface area (Å²) in [5, 5.41) is 5.04. The van der Waals surface area contributed by atoms with Gasteiger partial charge in [0, 0.05) is 0 Å². The summed E-state index contributed by atoms with van der Waals surface area (Å²) in [5.74, 6) is -0.0463. The number of nitrogens with one attached hydrogen (secondary N) is 1. The Morgan fingerprint density at radius 2 is 2.05 bits per heavy atom. The van der Waals surface area contributed by atoms with E-state index in [0.717, 1.165) is 13.0 Å². The summed E-state index contributed by atoms with van der Waals surface area (Å²) in [6.07, 6.45) is 1.04. The SMILES string of the molecule is CC(C)CCN(C)C(C)C(=O)Nc1sccc1C(N)=O. The van der Waals surface area contributed by atoms with Gasteiger partial charge in [0.1, 0.15) is 5.00 Å². The second-order valence-electron chi connectivity index (χ2n) is 5.36. The van der Waals surface area contributed by atoms with E-state index >= 15 is 0 Å². The van der Waals surface area contributed by atoms with Gasteiger partial charge in [-0.2, -0.15) is 0 Å². The van der Waals surface area contributed by atoms with E-state index in [1.807, 2.05) is 18.9 Å². The van der Waals surface area contributed by atoms with Crippen molar-refractivity contribution in [2.75, 3.05) is 18.9 Å². The van der Waals surface area contributed by atoms with E-state index in [0.29, 0.717) is 16.5 Å². The molecule has 6 heteroatoms. The molecule has 0 aliphatic carbocycles. The van der Waals surface area contributed by atoms with Gasteiger partial charge in [-0.3, -0.25) is 14.5 Å². The highest BCUT2D eigenvalue weighted by atomic mass is 32.1. The van der Waals surface area contributed by atoms with Gasteiger partial charge in [-0.1, -0.05) is 13.8 Å². The summed E-state index contributed by atoms with van der Waals surface area (Å²) in [6, 6.07) is 1.37. The van der Waals surface area contributed by atoms with E-state index in [2.05, 4.69) is 19.2 Å². The molecule has 0 aromatic carbocycles. The van der Waals surface area contributed by atoms with Crippen molar-refractivity contribution in [1.29, 1.82) is 0 Å². The molecule has 0 saturated heterocycles. The predicted molar refractivity (Wildman–Crippen MR) is 83.0 cm³/mol. The molecule has 1 aromatic heterocycles. The molecule has 3 N–H and O–H groups in total. The van der Waals surface area contributed by atoms with Crippen molar-refractivity contribution in [2.45, 2.75) is 33.2 Å². The molecular formula is C14H23N3O2S. The molecule has 2 amide bonds. The van der Waals surface area contributed by atoms with Crippen molar-refractivity contribution in [2.24, 2.45) is 11.7 Å². The first kappa shape index (κ1) is 16.7. The number of nitrogens with two attached hydrogens (primary N) is 1. The molecule has 112 valence electrons. The third kappa shape index (κ3) is 4.61. The minimum atomic E-state index is -0.526. The Morgan fingerprint density at radius 1 is 1.40 bits per heavy atom. The van der Waals surface area contributed by atoms with Gasteiger partial charge >= 0.3 is 0 Å². The Hall–Kier alpha value is -1.40. The van der Waals surface area contributed by atoms with Crippen LogP contribution in [0.3, 0.4) is 0 Å². The number of likely N-dealkylation sites (N-methyl/N-ethyl adjacent to an activating group) is 1. The number of anilines is 1. The van der Waals surface area contributed by atoms with Gasteiger partial charge in [-0.05, 0) is 44.3 Å². The molecule has 0 fully saturated rings. The summed E-state index contributed by atoms with van der Waals surface area (Å²) in [7, 11) is 1.93. The lowest BCUT2D eigenvalue weighted by Crippen LogP contribution is -2.40. The van der Waals surface area contributed by atoms with Crippen molar-refractivity contribution in [1.82, 2.24) is 4.90 Å². The maximum atomic E-state index is 12.2. The lowest BCUT2D eigenvalue weighted by atomic mass is 10.1. The van der Waals surface area contributed by atoms with Gasteiger partial charge in [0.25, 0.3) is 5.91 Å². The maximum absolute atomic E-state index is 12.2. The molecule has 0 aliphatic heterocycles. The summed E-state index contributed by atoms with van der Waals surface area (Å²) in [5.41, 5.74) is 5.62. The first-order valence-corrected chi connectivity index (χ1v) is 7.59. The van der Waals surface area contributed by atoms with E-state index in [-0.39, 0.29) is 11.9 Å². The first-order valence-electron chi connectivity index (χ1n) is 6.71. The molecule has 0 aliphatic rings. The number of hydrogen-bond acceptors (Lipinski definition) is 4. The zero-order valence-corrected chi connectivity index (χ0v) is 13.3. The van der Waals surface area contributed by atoms with Crippen LogP contribution in [-0.4, -0.2) is 36.3 Å². The average Bonchev–Trinajstić information content (AvgIpc) is 2.83. The van der Waals surface area contributed by atoms with Crippen LogP contribution in [0, 0.1) is 5.92 Å². The highest BCUT2D eigenvalue weighted by molar-refractivity contribution is 7.14. The van der Waals surface area contributed by atoms with Crippen LogP contribution in [-0.2, 0) is 4.79 Å². The molecule has 0 bridgehead atoms. The standard InChI is InChI=1S/C14H23N3O2S/c1-9(2)5-7-17(4)10(3)13(19)16-14-11(12(15)18)6-8-20-14/h6,8-10H,5,7H2,1-4H3,(H2,15,18)(H,16,19). The lowest BCUT2D eigenvalue weighted by molar-refractivity contribution is -0.120. The summed E-state index contributed by atoms with van der Waals surface area (Å²) < 4.78 is 0. The van der Waals surface area contributed by atoms with Gasteiger partial charge in [0.15, 0.2) is 0 Å². The maximum Gasteiger partial charge on any atom is 0.251 e. The molecular weight excluding hydrogens is 274 g/mol. The van der Waals surface area contributed by atoms with E-state index in [9.17, 15) is 9.59 Å². The van der Waals surface area contributed by atoms with Crippen LogP contribution in [0.5, 0.6) is 0 Å². The molecule has 1 unspecified atom stereocenters. The average molecular weight is 297 g/mol.